The highest BCUT2D eigenvalue weighted by molar-refractivity contribution is 6.04. The van der Waals surface area contributed by atoms with Gasteiger partial charge in [-0.2, -0.15) is 0 Å². The molecule has 0 unspecified atom stereocenters. The summed E-state index contributed by atoms with van der Waals surface area (Å²) in [6.45, 7) is 0. The summed E-state index contributed by atoms with van der Waals surface area (Å²) < 4.78 is 26.2. The Morgan fingerprint density at radius 1 is 0.800 bits per heavy atom. The molecule has 0 spiro atoms. The van der Waals surface area contributed by atoms with Crippen LogP contribution in [0.5, 0.6) is 0 Å². The first-order valence-corrected chi connectivity index (χ1v) is 6.36. The molecule has 0 N–H and O–H groups in total. The number of carbonyl (C=O) groups is 1. The summed E-state index contributed by atoms with van der Waals surface area (Å²) in [4.78, 5) is 12.4. The van der Waals surface area contributed by atoms with Gasteiger partial charge in [-0.25, -0.2) is 8.78 Å². The number of allylic oxidation sites excluding steroid dienone is 2. The maximum atomic E-state index is 13.1. The SMILES string of the molecule is O=C1C=CCC1(c1ccc(F)cc1)c1ccc(F)cc1. The van der Waals surface area contributed by atoms with E-state index in [0.29, 0.717) is 6.42 Å². The van der Waals surface area contributed by atoms with Gasteiger partial charge in [-0.05, 0) is 47.9 Å². The maximum Gasteiger partial charge on any atom is 0.170 e. The van der Waals surface area contributed by atoms with Crippen LogP contribution in [-0.4, -0.2) is 5.78 Å². The van der Waals surface area contributed by atoms with Gasteiger partial charge in [0.25, 0.3) is 0 Å². The quantitative estimate of drug-likeness (QED) is 0.811. The average Bonchev–Trinajstić information content (AvgIpc) is 2.83. The molecular formula is C17H12F2O. The number of halogens is 2. The second kappa shape index (κ2) is 4.67. The molecular weight excluding hydrogens is 258 g/mol. The highest BCUT2D eigenvalue weighted by Crippen LogP contribution is 2.40. The lowest BCUT2D eigenvalue weighted by Crippen LogP contribution is -2.32. The van der Waals surface area contributed by atoms with Gasteiger partial charge >= 0.3 is 0 Å². The van der Waals surface area contributed by atoms with E-state index in [1.54, 1.807) is 30.3 Å². The van der Waals surface area contributed by atoms with Crippen molar-refractivity contribution < 1.29 is 13.6 Å². The van der Waals surface area contributed by atoms with E-state index in [-0.39, 0.29) is 17.4 Å². The Morgan fingerprint density at radius 3 is 1.60 bits per heavy atom. The molecule has 0 amide bonds. The van der Waals surface area contributed by atoms with Gasteiger partial charge in [0.2, 0.25) is 0 Å². The molecule has 1 aliphatic carbocycles. The Labute approximate surface area is 115 Å². The molecule has 0 saturated heterocycles. The molecule has 0 aromatic heterocycles. The maximum absolute atomic E-state index is 13.1. The van der Waals surface area contributed by atoms with Crippen molar-refractivity contribution in [3.05, 3.63) is 83.4 Å². The van der Waals surface area contributed by atoms with Gasteiger partial charge in [0.15, 0.2) is 5.78 Å². The fraction of sp³-hybridized carbons (Fsp3) is 0.118. The van der Waals surface area contributed by atoms with Crippen molar-refractivity contribution in [1.29, 1.82) is 0 Å². The van der Waals surface area contributed by atoms with Crippen LogP contribution in [0.15, 0.2) is 60.7 Å². The first-order chi connectivity index (χ1) is 9.63. The van der Waals surface area contributed by atoms with Gasteiger partial charge in [-0.1, -0.05) is 30.3 Å². The van der Waals surface area contributed by atoms with Crippen molar-refractivity contribution >= 4 is 5.78 Å². The van der Waals surface area contributed by atoms with Crippen LogP contribution in [0.4, 0.5) is 8.78 Å². The topological polar surface area (TPSA) is 17.1 Å². The Hall–Kier alpha value is -2.29. The van der Waals surface area contributed by atoms with Gasteiger partial charge in [0.05, 0.1) is 5.41 Å². The average molecular weight is 270 g/mol. The normalized spacial score (nSPS) is 16.6. The monoisotopic (exact) mass is 270 g/mol. The summed E-state index contributed by atoms with van der Waals surface area (Å²) in [5.41, 5.74) is 0.586. The van der Waals surface area contributed by atoms with E-state index < -0.39 is 5.41 Å². The third kappa shape index (κ3) is 1.86. The molecule has 100 valence electrons. The number of ketones is 1. The molecule has 3 heteroatoms. The largest absolute Gasteiger partial charge is 0.293 e. The van der Waals surface area contributed by atoms with Crippen LogP contribution in [0.3, 0.4) is 0 Å². The summed E-state index contributed by atoms with van der Waals surface area (Å²) in [7, 11) is 0. The first kappa shape index (κ1) is 12.7. The van der Waals surface area contributed by atoms with Gasteiger partial charge in [-0.15, -0.1) is 0 Å². The van der Waals surface area contributed by atoms with Crippen molar-refractivity contribution in [2.24, 2.45) is 0 Å². The fourth-order valence-electron chi connectivity index (χ4n) is 2.74. The molecule has 2 aromatic carbocycles. The smallest absolute Gasteiger partial charge is 0.170 e. The van der Waals surface area contributed by atoms with Crippen LogP contribution >= 0.6 is 0 Å². The fourth-order valence-corrected chi connectivity index (χ4v) is 2.74. The number of rotatable bonds is 2. The second-order valence-corrected chi connectivity index (χ2v) is 4.89. The van der Waals surface area contributed by atoms with Crippen molar-refractivity contribution in [3.63, 3.8) is 0 Å². The summed E-state index contributed by atoms with van der Waals surface area (Å²) in [5.74, 6) is -0.751. The van der Waals surface area contributed by atoms with Crippen molar-refractivity contribution in [1.82, 2.24) is 0 Å². The van der Waals surface area contributed by atoms with Gasteiger partial charge < -0.3 is 0 Å². The van der Waals surface area contributed by atoms with E-state index in [1.165, 1.54) is 30.3 Å². The molecule has 0 saturated carbocycles. The molecule has 20 heavy (non-hydrogen) atoms. The van der Waals surface area contributed by atoms with E-state index >= 15 is 0 Å². The highest BCUT2D eigenvalue weighted by atomic mass is 19.1. The summed E-state index contributed by atoms with van der Waals surface area (Å²) in [6, 6.07) is 11.8. The highest BCUT2D eigenvalue weighted by Gasteiger charge is 2.42. The zero-order chi connectivity index (χ0) is 14.2. The lowest BCUT2D eigenvalue weighted by molar-refractivity contribution is -0.117. The molecule has 1 aliphatic rings. The zero-order valence-electron chi connectivity index (χ0n) is 10.6. The Morgan fingerprint density at radius 2 is 1.25 bits per heavy atom. The molecule has 2 aromatic rings. The van der Waals surface area contributed by atoms with Crippen LogP contribution in [0, 0.1) is 11.6 Å². The van der Waals surface area contributed by atoms with Crippen LogP contribution in [-0.2, 0) is 10.2 Å². The van der Waals surface area contributed by atoms with Gasteiger partial charge in [0, 0.05) is 0 Å². The molecule has 0 aliphatic heterocycles. The molecule has 0 heterocycles. The molecule has 0 fully saturated rings. The minimum absolute atomic E-state index is 0.0595. The minimum atomic E-state index is -0.860. The second-order valence-electron chi connectivity index (χ2n) is 4.89. The predicted octanol–water partition coefficient (Wildman–Crippen LogP) is 3.78. The van der Waals surface area contributed by atoms with Crippen LogP contribution < -0.4 is 0 Å². The Bertz CT molecular complexity index is 624. The van der Waals surface area contributed by atoms with Crippen molar-refractivity contribution in [2.45, 2.75) is 11.8 Å². The van der Waals surface area contributed by atoms with Gasteiger partial charge in [-0.3, -0.25) is 4.79 Å². The molecule has 0 atom stereocenters. The lowest BCUT2D eigenvalue weighted by atomic mass is 9.72. The van der Waals surface area contributed by atoms with E-state index in [1.807, 2.05) is 0 Å². The molecule has 0 bridgehead atoms. The third-order valence-corrected chi connectivity index (χ3v) is 3.79. The van der Waals surface area contributed by atoms with Crippen LogP contribution in [0.2, 0.25) is 0 Å². The summed E-state index contributed by atoms with van der Waals surface area (Å²) >= 11 is 0. The van der Waals surface area contributed by atoms with E-state index in [4.69, 9.17) is 0 Å². The Kier molecular flexibility index (Phi) is 2.97. The van der Waals surface area contributed by atoms with Crippen molar-refractivity contribution in [2.75, 3.05) is 0 Å². The predicted molar refractivity (Wildman–Crippen MR) is 72.3 cm³/mol. The van der Waals surface area contributed by atoms with Crippen LogP contribution in [0.25, 0.3) is 0 Å². The third-order valence-electron chi connectivity index (χ3n) is 3.79. The van der Waals surface area contributed by atoms with Crippen LogP contribution in [0.1, 0.15) is 17.5 Å². The number of carbonyl (C=O) groups excluding carboxylic acids is 1. The van der Waals surface area contributed by atoms with E-state index in [9.17, 15) is 13.6 Å². The summed E-state index contributed by atoms with van der Waals surface area (Å²) in [5, 5.41) is 0. The molecule has 0 radical (unpaired) electrons. The number of hydrogen-bond donors (Lipinski definition) is 0. The molecule has 1 nitrogen and oxygen atoms in total. The van der Waals surface area contributed by atoms with Gasteiger partial charge in [0.1, 0.15) is 11.6 Å². The number of benzene rings is 2. The Balaban J connectivity index is 2.17. The lowest BCUT2D eigenvalue weighted by Gasteiger charge is -2.28. The molecule has 3 rings (SSSR count). The first-order valence-electron chi connectivity index (χ1n) is 6.36. The van der Waals surface area contributed by atoms with Crippen molar-refractivity contribution in [3.8, 4) is 0 Å². The van der Waals surface area contributed by atoms with E-state index in [0.717, 1.165) is 11.1 Å². The summed E-state index contributed by atoms with van der Waals surface area (Å²) in [6.07, 6.45) is 3.84. The standard InChI is InChI=1S/C17H12F2O/c18-14-7-3-12(4-8-14)17(11-1-2-16(17)20)13-5-9-15(19)10-6-13/h1-10H,11H2. The number of hydrogen-bond acceptors (Lipinski definition) is 1. The van der Waals surface area contributed by atoms with E-state index in [2.05, 4.69) is 0 Å². The zero-order valence-corrected chi connectivity index (χ0v) is 10.6. The minimum Gasteiger partial charge on any atom is -0.293 e.